The first-order chi connectivity index (χ1) is 6.62. The molecule has 2 nitrogen and oxygen atoms in total. The summed E-state index contributed by atoms with van der Waals surface area (Å²) in [5.41, 5.74) is 1.24. The molecule has 4 heteroatoms. The molecule has 1 aliphatic heterocycles. The molecule has 2 rings (SSSR count). The van der Waals surface area contributed by atoms with Crippen molar-refractivity contribution >= 4 is 27.3 Å². The maximum absolute atomic E-state index is 5.69. The molecule has 0 N–H and O–H groups in total. The number of thiophene rings is 1. The van der Waals surface area contributed by atoms with E-state index in [0.717, 1.165) is 28.3 Å². The molecule has 1 aromatic heterocycles. The molecule has 1 aromatic rings. The topological polar surface area (TPSA) is 18.5 Å². The van der Waals surface area contributed by atoms with Crippen molar-refractivity contribution in [2.45, 2.75) is 26.1 Å². The Balaban J connectivity index is 2.28. The van der Waals surface area contributed by atoms with E-state index in [9.17, 15) is 0 Å². The fourth-order valence-corrected chi connectivity index (χ4v) is 3.05. The van der Waals surface area contributed by atoms with E-state index in [0.29, 0.717) is 0 Å². The minimum absolute atomic E-state index is 0.528. The van der Waals surface area contributed by atoms with Crippen LogP contribution < -0.4 is 0 Å². The largest absolute Gasteiger partial charge is 0.345 e. The van der Waals surface area contributed by atoms with Gasteiger partial charge in [-0.05, 0) is 47.8 Å². The summed E-state index contributed by atoms with van der Waals surface area (Å²) in [5, 5.41) is 0. The number of halogens is 1. The first kappa shape index (κ1) is 10.6. The van der Waals surface area contributed by atoms with Crippen LogP contribution in [-0.2, 0) is 15.3 Å². The van der Waals surface area contributed by atoms with Gasteiger partial charge in [-0.3, -0.25) is 0 Å². The lowest BCUT2D eigenvalue weighted by Crippen LogP contribution is -2.34. The van der Waals surface area contributed by atoms with E-state index >= 15 is 0 Å². The quantitative estimate of drug-likeness (QED) is 0.783. The van der Waals surface area contributed by atoms with Gasteiger partial charge in [-0.2, -0.15) is 0 Å². The molecular weight excluding hydrogens is 264 g/mol. The SMILES string of the molecule is Cc1cc(C2(C)OCCCO2)sc1Br. The average molecular weight is 277 g/mol. The Bertz CT molecular complexity index is 309. The molecule has 0 spiro atoms. The van der Waals surface area contributed by atoms with Gasteiger partial charge in [0.1, 0.15) is 0 Å². The van der Waals surface area contributed by atoms with Crippen molar-refractivity contribution in [1.29, 1.82) is 0 Å². The van der Waals surface area contributed by atoms with Gasteiger partial charge in [0.15, 0.2) is 0 Å². The molecule has 0 atom stereocenters. The summed E-state index contributed by atoms with van der Waals surface area (Å²) in [6, 6.07) is 2.13. The van der Waals surface area contributed by atoms with Gasteiger partial charge in [0.2, 0.25) is 5.79 Å². The van der Waals surface area contributed by atoms with Gasteiger partial charge in [0.05, 0.1) is 21.9 Å². The molecule has 0 radical (unpaired) electrons. The lowest BCUT2D eigenvalue weighted by molar-refractivity contribution is -0.262. The number of ether oxygens (including phenoxy) is 2. The summed E-state index contributed by atoms with van der Waals surface area (Å²) in [7, 11) is 0. The molecule has 2 heterocycles. The van der Waals surface area contributed by atoms with Gasteiger partial charge < -0.3 is 9.47 Å². The second kappa shape index (κ2) is 3.93. The Kier molecular flexibility index (Phi) is 2.98. The summed E-state index contributed by atoms with van der Waals surface area (Å²) < 4.78 is 12.5. The Hall–Kier alpha value is 0.100. The minimum atomic E-state index is -0.528. The molecule has 78 valence electrons. The highest BCUT2D eigenvalue weighted by molar-refractivity contribution is 9.11. The first-order valence-electron chi connectivity index (χ1n) is 4.66. The highest BCUT2D eigenvalue weighted by Crippen LogP contribution is 2.38. The highest BCUT2D eigenvalue weighted by Gasteiger charge is 2.33. The van der Waals surface area contributed by atoms with Crippen LogP contribution in [0.3, 0.4) is 0 Å². The molecule has 14 heavy (non-hydrogen) atoms. The molecule has 0 saturated carbocycles. The zero-order valence-electron chi connectivity index (χ0n) is 8.30. The van der Waals surface area contributed by atoms with E-state index < -0.39 is 5.79 Å². The predicted octanol–water partition coefficient (Wildman–Crippen LogP) is 3.43. The van der Waals surface area contributed by atoms with Crippen LogP contribution in [0, 0.1) is 6.92 Å². The summed E-state index contributed by atoms with van der Waals surface area (Å²) in [4.78, 5) is 1.14. The van der Waals surface area contributed by atoms with Crippen molar-refractivity contribution in [3.05, 3.63) is 20.3 Å². The Morgan fingerprint density at radius 3 is 2.57 bits per heavy atom. The average Bonchev–Trinajstić information content (AvgIpc) is 2.49. The van der Waals surface area contributed by atoms with E-state index in [1.165, 1.54) is 5.56 Å². The van der Waals surface area contributed by atoms with Crippen LogP contribution in [0.1, 0.15) is 23.8 Å². The molecular formula is C10H13BrO2S. The van der Waals surface area contributed by atoms with Crippen molar-refractivity contribution in [1.82, 2.24) is 0 Å². The smallest absolute Gasteiger partial charge is 0.201 e. The van der Waals surface area contributed by atoms with Crippen LogP contribution in [0.25, 0.3) is 0 Å². The Morgan fingerprint density at radius 1 is 1.43 bits per heavy atom. The number of rotatable bonds is 1. The third-order valence-electron chi connectivity index (χ3n) is 2.35. The Labute approximate surface area is 96.4 Å². The third kappa shape index (κ3) is 1.89. The van der Waals surface area contributed by atoms with Crippen LogP contribution in [0.4, 0.5) is 0 Å². The normalized spacial score (nSPS) is 21.1. The Morgan fingerprint density at radius 2 is 2.07 bits per heavy atom. The number of aryl methyl sites for hydroxylation is 1. The van der Waals surface area contributed by atoms with Gasteiger partial charge in [-0.1, -0.05) is 0 Å². The highest BCUT2D eigenvalue weighted by atomic mass is 79.9. The van der Waals surface area contributed by atoms with Gasteiger partial charge >= 0.3 is 0 Å². The maximum atomic E-state index is 5.69. The van der Waals surface area contributed by atoms with E-state index in [-0.39, 0.29) is 0 Å². The van der Waals surface area contributed by atoms with E-state index in [1.807, 2.05) is 6.92 Å². The number of hydrogen-bond acceptors (Lipinski definition) is 3. The second-order valence-corrected chi connectivity index (χ2v) is 5.93. The van der Waals surface area contributed by atoms with Crippen molar-refractivity contribution in [2.24, 2.45) is 0 Å². The van der Waals surface area contributed by atoms with Gasteiger partial charge in [-0.25, -0.2) is 0 Å². The van der Waals surface area contributed by atoms with Crippen LogP contribution in [0.2, 0.25) is 0 Å². The van der Waals surface area contributed by atoms with Crippen LogP contribution >= 0.6 is 27.3 Å². The molecule has 1 saturated heterocycles. The van der Waals surface area contributed by atoms with Crippen molar-refractivity contribution in [3.63, 3.8) is 0 Å². The van der Waals surface area contributed by atoms with Gasteiger partial charge in [0, 0.05) is 0 Å². The monoisotopic (exact) mass is 276 g/mol. The zero-order chi connectivity index (χ0) is 10.2. The summed E-state index contributed by atoms with van der Waals surface area (Å²) >= 11 is 5.20. The fourth-order valence-electron chi connectivity index (χ4n) is 1.46. The van der Waals surface area contributed by atoms with Crippen molar-refractivity contribution in [2.75, 3.05) is 13.2 Å². The van der Waals surface area contributed by atoms with Crippen LogP contribution in [0.15, 0.2) is 9.85 Å². The molecule has 0 aliphatic carbocycles. The molecule has 0 amide bonds. The number of hydrogen-bond donors (Lipinski definition) is 0. The van der Waals surface area contributed by atoms with Gasteiger partial charge in [0.25, 0.3) is 0 Å². The third-order valence-corrected chi connectivity index (χ3v) is 4.67. The molecule has 0 bridgehead atoms. The zero-order valence-corrected chi connectivity index (χ0v) is 10.7. The molecule has 1 aliphatic rings. The van der Waals surface area contributed by atoms with E-state index in [1.54, 1.807) is 11.3 Å². The molecule has 1 fully saturated rings. The van der Waals surface area contributed by atoms with Crippen molar-refractivity contribution < 1.29 is 9.47 Å². The summed E-state index contributed by atoms with van der Waals surface area (Å²) in [5.74, 6) is -0.528. The minimum Gasteiger partial charge on any atom is -0.345 e. The molecule has 0 unspecified atom stereocenters. The molecule has 0 aromatic carbocycles. The summed E-state index contributed by atoms with van der Waals surface area (Å²) in [6.45, 7) is 5.64. The lowest BCUT2D eigenvalue weighted by atomic mass is 10.2. The lowest BCUT2D eigenvalue weighted by Gasteiger charge is -2.32. The predicted molar refractivity (Wildman–Crippen MR) is 60.6 cm³/mol. The fraction of sp³-hybridized carbons (Fsp3) is 0.600. The van der Waals surface area contributed by atoms with E-state index in [2.05, 4.69) is 28.9 Å². The van der Waals surface area contributed by atoms with Gasteiger partial charge in [-0.15, -0.1) is 11.3 Å². The van der Waals surface area contributed by atoms with E-state index in [4.69, 9.17) is 9.47 Å². The second-order valence-electron chi connectivity index (χ2n) is 3.56. The van der Waals surface area contributed by atoms with Crippen molar-refractivity contribution in [3.8, 4) is 0 Å². The summed E-state index contributed by atoms with van der Waals surface area (Å²) in [6.07, 6.45) is 0.987. The standard InChI is InChI=1S/C10H13BrO2S/c1-7-6-8(14-9(7)11)10(2)12-4-3-5-13-10/h6H,3-5H2,1-2H3. The maximum Gasteiger partial charge on any atom is 0.201 e. The van der Waals surface area contributed by atoms with Crippen LogP contribution in [0.5, 0.6) is 0 Å². The van der Waals surface area contributed by atoms with Crippen LogP contribution in [-0.4, -0.2) is 13.2 Å². The first-order valence-corrected chi connectivity index (χ1v) is 6.27.